The van der Waals surface area contributed by atoms with Crippen LogP contribution >= 0.6 is 15.9 Å². The molecular formula is C17H20BrNO2. The summed E-state index contributed by atoms with van der Waals surface area (Å²) in [5.74, 6) is 1.66. The van der Waals surface area contributed by atoms with Crippen LogP contribution in [0.2, 0.25) is 0 Å². The van der Waals surface area contributed by atoms with Gasteiger partial charge in [-0.2, -0.15) is 0 Å². The van der Waals surface area contributed by atoms with Gasteiger partial charge in [-0.1, -0.05) is 33.6 Å². The van der Waals surface area contributed by atoms with E-state index in [0.717, 1.165) is 21.5 Å². The molecule has 2 aromatic carbocycles. The second-order valence-corrected chi connectivity index (χ2v) is 5.90. The van der Waals surface area contributed by atoms with Gasteiger partial charge < -0.3 is 15.2 Å². The number of halogens is 1. The van der Waals surface area contributed by atoms with Crippen LogP contribution in [-0.4, -0.2) is 13.2 Å². The molecule has 0 saturated carbocycles. The molecule has 0 radical (unpaired) electrons. The van der Waals surface area contributed by atoms with E-state index in [4.69, 9.17) is 15.2 Å². The Morgan fingerprint density at radius 3 is 2.38 bits per heavy atom. The maximum atomic E-state index is 5.98. The third kappa shape index (κ3) is 4.76. The highest BCUT2D eigenvalue weighted by Crippen LogP contribution is 2.25. The molecule has 3 nitrogen and oxygen atoms in total. The van der Waals surface area contributed by atoms with Crippen molar-refractivity contribution in [1.82, 2.24) is 0 Å². The van der Waals surface area contributed by atoms with Crippen LogP contribution in [-0.2, 0) is 0 Å². The summed E-state index contributed by atoms with van der Waals surface area (Å²) in [5, 5.41) is 0. The normalized spacial score (nSPS) is 12.0. The predicted molar refractivity (Wildman–Crippen MR) is 88.9 cm³/mol. The molecule has 2 rings (SSSR count). The molecule has 0 aromatic heterocycles. The maximum absolute atomic E-state index is 5.98. The summed E-state index contributed by atoms with van der Waals surface area (Å²) in [4.78, 5) is 0. The molecule has 0 aliphatic rings. The average molecular weight is 350 g/mol. The van der Waals surface area contributed by atoms with E-state index in [-0.39, 0.29) is 6.04 Å². The Morgan fingerprint density at radius 1 is 1.05 bits per heavy atom. The van der Waals surface area contributed by atoms with Gasteiger partial charge in [0.05, 0.1) is 0 Å². The van der Waals surface area contributed by atoms with Crippen LogP contribution in [0.1, 0.15) is 24.1 Å². The zero-order valence-electron chi connectivity index (χ0n) is 12.3. The smallest absolute Gasteiger partial charge is 0.124 e. The van der Waals surface area contributed by atoms with Gasteiger partial charge >= 0.3 is 0 Å². The predicted octanol–water partition coefficient (Wildman–Crippen LogP) is 4.24. The van der Waals surface area contributed by atoms with Crippen molar-refractivity contribution >= 4 is 15.9 Å². The first-order chi connectivity index (χ1) is 10.1. The van der Waals surface area contributed by atoms with Crippen molar-refractivity contribution in [2.45, 2.75) is 19.9 Å². The molecule has 0 saturated heterocycles. The molecule has 21 heavy (non-hydrogen) atoms. The van der Waals surface area contributed by atoms with E-state index in [9.17, 15) is 0 Å². The maximum Gasteiger partial charge on any atom is 0.124 e. The molecule has 0 bridgehead atoms. The number of rotatable bonds is 6. The highest BCUT2D eigenvalue weighted by molar-refractivity contribution is 9.10. The summed E-state index contributed by atoms with van der Waals surface area (Å²) in [6, 6.07) is 13.7. The standard InChI is InChI=1S/C17H20BrNO2/c1-12-3-8-17(16(11-12)13(2)19)21-10-9-20-15-6-4-14(18)5-7-15/h3-8,11,13H,9-10,19H2,1-2H3/t13-/m1/s1. The first-order valence-corrected chi connectivity index (χ1v) is 7.73. The van der Waals surface area contributed by atoms with E-state index < -0.39 is 0 Å². The van der Waals surface area contributed by atoms with Gasteiger partial charge in [-0.05, 0) is 44.2 Å². The molecule has 4 heteroatoms. The summed E-state index contributed by atoms with van der Waals surface area (Å²) in [6.07, 6.45) is 0. The van der Waals surface area contributed by atoms with Crippen LogP contribution in [0.3, 0.4) is 0 Å². The van der Waals surface area contributed by atoms with Crippen LogP contribution in [0, 0.1) is 6.92 Å². The Bertz CT molecular complexity index is 582. The third-order valence-corrected chi connectivity index (χ3v) is 3.61. The Balaban J connectivity index is 1.87. The van der Waals surface area contributed by atoms with Gasteiger partial charge in [0.1, 0.15) is 24.7 Å². The van der Waals surface area contributed by atoms with Gasteiger partial charge in [0.15, 0.2) is 0 Å². The minimum absolute atomic E-state index is 0.0488. The van der Waals surface area contributed by atoms with Crippen molar-refractivity contribution in [2.75, 3.05) is 13.2 Å². The lowest BCUT2D eigenvalue weighted by Crippen LogP contribution is -2.12. The van der Waals surface area contributed by atoms with E-state index >= 15 is 0 Å². The summed E-state index contributed by atoms with van der Waals surface area (Å²) in [7, 11) is 0. The number of hydrogen-bond donors (Lipinski definition) is 1. The van der Waals surface area contributed by atoms with Crippen molar-refractivity contribution in [3.05, 3.63) is 58.1 Å². The van der Waals surface area contributed by atoms with Gasteiger partial charge in [0.2, 0.25) is 0 Å². The van der Waals surface area contributed by atoms with E-state index in [1.807, 2.05) is 50.2 Å². The summed E-state index contributed by atoms with van der Waals surface area (Å²) >= 11 is 3.39. The van der Waals surface area contributed by atoms with Crippen molar-refractivity contribution < 1.29 is 9.47 Å². The fourth-order valence-corrected chi connectivity index (χ4v) is 2.26. The first kappa shape index (κ1) is 15.9. The summed E-state index contributed by atoms with van der Waals surface area (Å²) < 4.78 is 12.4. The number of hydrogen-bond acceptors (Lipinski definition) is 3. The van der Waals surface area contributed by atoms with Gasteiger partial charge in [0.25, 0.3) is 0 Å². The van der Waals surface area contributed by atoms with E-state index in [1.165, 1.54) is 5.56 Å². The Morgan fingerprint density at radius 2 is 1.71 bits per heavy atom. The Kier molecular flexibility index (Phi) is 5.65. The molecule has 0 aliphatic heterocycles. The number of ether oxygens (including phenoxy) is 2. The topological polar surface area (TPSA) is 44.5 Å². The van der Waals surface area contributed by atoms with Crippen molar-refractivity contribution in [3.8, 4) is 11.5 Å². The van der Waals surface area contributed by atoms with Gasteiger partial charge in [0, 0.05) is 16.1 Å². The molecule has 0 unspecified atom stereocenters. The average Bonchev–Trinajstić information content (AvgIpc) is 2.46. The second-order valence-electron chi connectivity index (χ2n) is 4.98. The Labute approximate surface area is 134 Å². The highest BCUT2D eigenvalue weighted by Gasteiger charge is 2.08. The minimum Gasteiger partial charge on any atom is -0.490 e. The van der Waals surface area contributed by atoms with Crippen LogP contribution in [0.5, 0.6) is 11.5 Å². The quantitative estimate of drug-likeness (QED) is 0.793. The van der Waals surface area contributed by atoms with Crippen molar-refractivity contribution in [2.24, 2.45) is 5.73 Å². The lowest BCUT2D eigenvalue weighted by Gasteiger charge is -2.15. The molecule has 0 heterocycles. The third-order valence-electron chi connectivity index (χ3n) is 3.08. The fraction of sp³-hybridized carbons (Fsp3) is 0.294. The van der Waals surface area contributed by atoms with Crippen LogP contribution < -0.4 is 15.2 Å². The van der Waals surface area contributed by atoms with Crippen LogP contribution in [0.15, 0.2) is 46.9 Å². The number of nitrogens with two attached hydrogens (primary N) is 1. The van der Waals surface area contributed by atoms with Crippen molar-refractivity contribution in [3.63, 3.8) is 0 Å². The first-order valence-electron chi connectivity index (χ1n) is 6.93. The molecule has 1 atom stereocenters. The van der Waals surface area contributed by atoms with Crippen LogP contribution in [0.4, 0.5) is 0 Å². The summed E-state index contributed by atoms with van der Waals surface area (Å²) in [5.41, 5.74) is 8.18. The zero-order chi connectivity index (χ0) is 15.2. The van der Waals surface area contributed by atoms with Crippen molar-refractivity contribution in [1.29, 1.82) is 0 Å². The van der Waals surface area contributed by atoms with E-state index in [0.29, 0.717) is 13.2 Å². The molecule has 0 spiro atoms. The Hall–Kier alpha value is -1.52. The molecule has 2 N–H and O–H groups in total. The monoisotopic (exact) mass is 349 g/mol. The highest BCUT2D eigenvalue weighted by atomic mass is 79.9. The number of benzene rings is 2. The SMILES string of the molecule is Cc1ccc(OCCOc2ccc(Br)cc2)c([C@@H](C)N)c1. The lowest BCUT2D eigenvalue weighted by molar-refractivity contribution is 0.215. The van der Waals surface area contributed by atoms with Gasteiger partial charge in [-0.25, -0.2) is 0 Å². The fourth-order valence-electron chi connectivity index (χ4n) is 2.00. The van der Waals surface area contributed by atoms with Gasteiger partial charge in [-0.3, -0.25) is 0 Å². The number of aryl methyl sites for hydroxylation is 1. The van der Waals surface area contributed by atoms with Crippen LogP contribution in [0.25, 0.3) is 0 Å². The zero-order valence-corrected chi connectivity index (χ0v) is 13.9. The molecule has 0 amide bonds. The van der Waals surface area contributed by atoms with E-state index in [1.54, 1.807) is 0 Å². The molecular weight excluding hydrogens is 330 g/mol. The largest absolute Gasteiger partial charge is 0.490 e. The van der Waals surface area contributed by atoms with E-state index in [2.05, 4.69) is 22.0 Å². The lowest BCUT2D eigenvalue weighted by atomic mass is 10.1. The summed E-state index contributed by atoms with van der Waals surface area (Å²) in [6.45, 7) is 4.99. The minimum atomic E-state index is -0.0488. The molecule has 2 aromatic rings. The molecule has 112 valence electrons. The second kappa shape index (κ2) is 7.48. The van der Waals surface area contributed by atoms with Gasteiger partial charge in [-0.15, -0.1) is 0 Å². The molecule has 0 fully saturated rings. The molecule has 0 aliphatic carbocycles.